The van der Waals surface area contributed by atoms with Crippen LogP contribution in [0.3, 0.4) is 0 Å². The minimum absolute atomic E-state index is 0.169. The van der Waals surface area contributed by atoms with E-state index in [0.29, 0.717) is 19.0 Å². The fourth-order valence-electron chi connectivity index (χ4n) is 2.45. The van der Waals surface area contributed by atoms with Crippen molar-refractivity contribution >= 4 is 11.8 Å². The lowest BCUT2D eigenvalue weighted by atomic mass is 10.1. The predicted molar refractivity (Wildman–Crippen MR) is 72.8 cm³/mol. The molecule has 1 unspecified atom stereocenters. The molecule has 1 N–H and O–H groups in total. The number of carbonyl (C=O) groups is 1. The van der Waals surface area contributed by atoms with Gasteiger partial charge in [-0.3, -0.25) is 0 Å². The van der Waals surface area contributed by atoms with Gasteiger partial charge in [0.05, 0.1) is 6.10 Å². The van der Waals surface area contributed by atoms with Gasteiger partial charge in [0.1, 0.15) is 11.4 Å². The molecule has 1 fully saturated rings. The number of piperidine rings is 1. The van der Waals surface area contributed by atoms with E-state index < -0.39 is 5.97 Å². The lowest BCUT2D eigenvalue weighted by Crippen LogP contribution is -2.41. The smallest absolute Gasteiger partial charge is 0.339 e. The number of carboxylic acid groups (broad SMARTS) is 1. The molecule has 1 aromatic heterocycles. The molecule has 1 aromatic rings. The predicted octanol–water partition coefficient (Wildman–Crippen LogP) is 2.09. The number of rotatable bonds is 4. The molecule has 1 aliphatic heterocycles. The summed E-state index contributed by atoms with van der Waals surface area (Å²) in [6, 6.07) is 3.36. The van der Waals surface area contributed by atoms with Gasteiger partial charge < -0.3 is 14.7 Å². The third-order valence-electron chi connectivity index (χ3n) is 3.32. The number of aromatic nitrogens is 1. The van der Waals surface area contributed by atoms with Gasteiger partial charge >= 0.3 is 5.97 Å². The Morgan fingerprint density at radius 2 is 2.37 bits per heavy atom. The van der Waals surface area contributed by atoms with E-state index in [0.717, 1.165) is 25.1 Å². The Bertz CT molecular complexity index is 460. The van der Waals surface area contributed by atoms with Crippen LogP contribution in [0.1, 0.15) is 35.8 Å². The highest BCUT2D eigenvalue weighted by Crippen LogP contribution is 2.23. The molecule has 5 heteroatoms. The summed E-state index contributed by atoms with van der Waals surface area (Å²) in [5.74, 6) is -0.363. The molecule has 0 aromatic carbocycles. The minimum Gasteiger partial charge on any atom is -0.478 e. The van der Waals surface area contributed by atoms with E-state index in [1.54, 1.807) is 12.1 Å². The molecular formula is C14H20N2O3. The average Bonchev–Trinajstić information content (AvgIpc) is 2.39. The molecule has 5 nitrogen and oxygen atoms in total. The highest BCUT2D eigenvalue weighted by atomic mass is 16.5. The second-order valence-electron chi connectivity index (χ2n) is 4.79. The van der Waals surface area contributed by atoms with Crippen LogP contribution in [0.4, 0.5) is 5.82 Å². The van der Waals surface area contributed by atoms with Gasteiger partial charge in [0.15, 0.2) is 0 Å². The summed E-state index contributed by atoms with van der Waals surface area (Å²) in [5.41, 5.74) is 1.10. The van der Waals surface area contributed by atoms with Crippen LogP contribution in [0.2, 0.25) is 0 Å². The topological polar surface area (TPSA) is 62.7 Å². The number of hydrogen-bond donors (Lipinski definition) is 1. The first kappa shape index (κ1) is 13.8. The Balaban J connectivity index is 2.24. The van der Waals surface area contributed by atoms with Crippen molar-refractivity contribution in [3.8, 4) is 0 Å². The van der Waals surface area contributed by atoms with Crippen molar-refractivity contribution in [2.75, 3.05) is 24.6 Å². The van der Waals surface area contributed by atoms with Gasteiger partial charge in [-0.1, -0.05) is 0 Å². The largest absolute Gasteiger partial charge is 0.478 e. The fraction of sp³-hybridized carbons (Fsp3) is 0.571. The van der Waals surface area contributed by atoms with E-state index in [1.165, 1.54) is 0 Å². The number of aryl methyl sites for hydroxylation is 1. The summed E-state index contributed by atoms with van der Waals surface area (Å²) in [7, 11) is 0. The molecule has 104 valence electrons. The second-order valence-corrected chi connectivity index (χ2v) is 4.79. The summed E-state index contributed by atoms with van der Waals surface area (Å²) in [6.07, 6.45) is 2.19. The lowest BCUT2D eigenvalue weighted by Gasteiger charge is -2.34. The van der Waals surface area contributed by atoms with Crippen LogP contribution in [0.25, 0.3) is 0 Å². The first-order valence-electron chi connectivity index (χ1n) is 6.69. The zero-order chi connectivity index (χ0) is 13.8. The molecule has 1 saturated heterocycles. The Labute approximate surface area is 113 Å². The molecular weight excluding hydrogens is 244 g/mol. The van der Waals surface area contributed by atoms with Crippen molar-refractivity contribution in [3.05, 3.63) is 23.4 Å². The molecule has 2 rings (SSSR count). The molecule has 0 spiro atoms. The van der Waals surface area contributed by atoms with Crippen molar-refractivity contribution < 1.29 is 14.6 Å². The van der Waals surface area contributed by atoms with Gasteiger partial charge in [0, 0.05) is 25.4 Å². The van der Waals surface area contributed by atoms with Crippen molar-refractivity contribution in [1.82, 2.24) is 4.98 Å². The van der Waals surface area contributed by atoms with Gasteiger partial charge in [-0.15, -0.1) is 0 Å². The Morgan fingerprint density at radius 1 is 1.58 bits per heavy atom. The van der Waals surface area contributed by atoms with Crippen molar-refractivity contribution in [1.29, 1.82) is 0 Å². The quantitative estimate of drug-likeness (QED) is 0.902. The highest BCUT2D eigenvalue weighted by Gasteiger charge is 2.24. The molecule has 1 aliphatic rings. The van der Waals surface area contributed by atoms with Gasteiger partial charge in [0.2, 0.25) is 0 Å². The first-order valence-corrected chi connectivity index (χ1v) is 6.69. The van der Waals surface area contributed by atoms with Gasteiger partial charge in [-0.25, -0.2) is 9.78 Å². The van der Waals surface area contributed by atoms with Crippen LogP contribution in [0.5, 0.6) is 0 Å². The summed E-state index contributed by atoms with van der Waals surface area (Å²) in [6.45, 7) is 6.09. The van der Waals surface area contributed by atoms with Crippen LogP contribution >= 0.6 is 0 Å². The average molecular weight is 264 g/mol. The van der Waals surface area contributed by atoms with Crippen LogP contribution in [-0.2, 0) is 4.74 Å². The van der Waals surface area contributed by atoms with E-state index in [9.17, 15) is 9.90 Å². The molecule has 0 bridgehead atoms. The van der Waals surface area contributed by atoms with E-state index in [1.807, 2.05) is 18.7 Å². The maximum Gasteiger partial charge on any atom is 0.339 e. The third kappa shape index (κ3) is 3.23. The molecule has 1 atom stereocenters. The summed E-state index contributed by atoms with van der Waals surface area (Å²) in [4.78, 5) is 17.7. The molecule has 19 heavy (non-hydrogen) atoms. The maximum atomic E-state index is 11.3. The lowest BCUT2D eigenvalue weighted by molar-refractivity contribution is 0.0522. The Kier molecular flexibility index (Phi) is 4.37. The normalized spacial score (nSPS) is 19.5. The number of ether oxygens (including phenoxy) is 1. The number of anilines is 1. The van der Waals surface area contributed by atoms with Gasteiger partial charge in [-0.05, 0) is 38.8 Å². The van der Waals surface area contributed by atoms with E-state index in [4.69, 9.17) is 4.74 Å². The molecule has 0 aliphatic carbocycles. The number of nitrogens with zero attached hydrogens (tertiary/aromatic N) is 2. The first-order chi connectivity index (χ1) is 9.11. The van der Waals surface area contributed by atoms with Crippen LogP contribution < -0.4 is 4.90 Å². The monoisotopic (exact) mass is 264 g/mol. The van der Waals surface area contributed by atoms with E-state index >= 15 is 0 Å². The van der Waals surface area contributed by atoms with Crippen molar-refractivity contribution in [2.24, 2.45) is 0 Å². The van der Waals surface area contributed by atoms with E-state index in [2.05, 4.69) is 4.98 Å². The molecule has 0 amide bonds. The van der Waals surface area contributed by atoms with Gasteiger partial charge in [0.25, 0.3) is 0 Å². The zero-order valence-corrected chi connectivity index (χ0v) is 11.4. The van der Waals surface area contributed by atoms with Crippen LogP contribution in [0, 0.1) is 6.92 Å². The Morgan fingerprint density at radius 3 is 3.05 bits per heavy atom. The van der Waals surface area contributed by atoms with Gasteiger partial charge in [-0.2, -0.15) is 0 Å². The second kappa shape index (κ2) is 6.02. The zero-order valence-electron chi connectivity index (χ0n) is 11.4. The van der Waals surface area contributed by atoms with Crippen molar-refractivity contribution in [3.63, 3.8) is 0 Å². The number of carboxylic acids is 1. The molecule has 0 radical (unpaired) electrons. The molecule has 0 saturated carbocycles. The highest BCUT2D eigenvalue weighted by molar-refractivity contribution is 5.93. The third-order valence-corrected chi connectivity index (χ3v) is 3.32. The minimum atomic E-state index is -0.930. The fourth-order valence-corrected chi connectivity index (χ4v) is 2.45. The number of hydrogen-bond acceptors (Lipinski definition) is 4. The van der Waals surface area contributed by atoms with E-state index in [-0.39, 0.29) is 11.7 Å². The SMILES string of the molecule is CCOC1CCCN(c2nc(C)ccc2C(=O)O)C1. The van der Waals surface area contributed by atoms with Crippen LogP contribution in [-0.4, -0.2) is 41.9 Å². The maximum absolute atomic E-state index is 11.3. The standard InChI is InChI=1S/C14H20N2O3/c1-3-19-11-5-4-8-16(9-11)13-12(14(17)18)7-6-10(2)15-13/h6-7,11H,3-5,8-9H2,1-2H3,(H,17,18). The van der Waals surface area contributed by atoms with Crippen molar-refractivity contribution in [2.45, 2.75) is 32.8 Å². The Hall–Kier alpha value is -1.62. The number of aromatic carboxylic acids is 1. The summed E-state index contributed by atoms with van der Waals surface area (Å²) in [5, 5.41) is 9.26. The number of pyridine rings is 1. The molecule has 2 heterocycles. The summed E-state index contributed by atoms with van der Waals surface area (Å²) < 4.78 is 5.65. The summed E-state index contributed by atoms with van der Waals surface area (Å²) >= 11 is 0. The van der Waals surface area contributed by atoms with Crippen LogP contribution in [0.15, 0.2) is 12.1 Å².